The van der Waals surface area contributed by atoms with E-state index in [-0.39, 0.29) is 19.2 Å². The molecule has 0 spiro atoms. The van der Waals surface area contributed by atoms with E-state index in [9.17, 15) is 14.7 Å². The van der Waals surface area contributed by atoms with Gasteiger partial charge in [-0.15, -0.1) is 0 Å². The number of carbonyl (C=O) groups is 2. The first-order valence-electron chi connectivity index (χ1n) is 14.2. The average molecular weight is 543 g/mol. The largest absolute Gasteiger partial charge is 0.481 e. The van der Waals surface area contributed by atoms with Crippen LogP contribution in [0.25, 0.3) is 0 Å². The highest BCUT2D eigenvalue weighted by Crippen LogP contribution is 2.50. The first-order valence-corrected chi connectivity index (χ1v) is 14.2. The van der Waals surface area contributed by atoms with E-state index in [0.717, 1.165) is 41.6 Å². The smallest absolute Gasteiger partial charge is 0.309 e. The van der Waals surface area contributed by atoms with Crippen molar-refractivity contribution >= 4 is 17.6 Å². The second-order valence-corrected chi connectivity index (χ2v) is 10.7. The Bertz CT molecular complexity index is 1370. The lowest BCUT2D eigenvalue weighted by molar-refractivity contribution is -0.144. The summed E-state index contributed by atoms with van der Waals surface area (Å²) in [5.74, 6) is -0.447. The van der Waals surface area contributed by atoms with Crippen LogP contribution in [-0.4, -0.2) is 48.3 Å². The Balaban J connectivity index is 1.62. The van der Waals surface area contributed by atoms with Crippen LogP contribution in [0.2, 0.25) is 0 Å². The molecule has 7 nitrogen and oxygen atoms in total. The van der Waals surface area contributed by atoms with E-state index >= 15 is 0 Å². The maximum Gasteiger partial charge on any atom is 0.309 e. The molecule has 40 heavy (non-hydrogen) atoms. The Labute approximate surface area is 236 Å². The van der Waals surface area contributed by atoms with Gasteiger partial charge in [-0.25, -0.2) is 0 Å². The summed E-state index contributed by atoms with van der Waals surface area (Å²) in [5.41, 5.74) is 3.71. The summed E-state index contributed by atoms with van der Waals surface area (Å²) in [6.07, 6.45) is 3.14. The van der Waals surface area contributed by atoms with Gasteiger partial charge in [0.1, 0.15) is 0 Å². The van der Waals surface area contributed by atoms with E-state index < -0.39 is 17.4 Å². The van der Waals surface area contributed by atoms with Crippen molar-refractivity contribution < 1.29 is 24.2 Å². The van der Waals surface area contributed by atoms with Crippen molar-refractivity contribution in [3.63, 3.8) is 0 Å². The van der Waals surface area contributed by atoms with Crippen molar-refractivity contribution in [2.24, 2.45) is 5.92 Å². The molecule has 1 N–H and O–H groups in total. The molecule has 2 aliphatic heterocycles. The van der Waals surface area contributed by atoms with Gasteiger partial charge in [-0.2, -0.15) is 0 Å². The Kier molecular flexibility index (Phi) is 8.12. The summed E-state index contributed by atoms with van der Waals surface area (Å²) in [4.78, 5) is 31.0. The molecule has 0 aromatic heterocycles. The number of rotatable bonds is 10. The summed E-state index contributed by atoms with van der Waals surface area (Å²) >= 11 is 0. The van der Waals surface area contributed by atoms with Crippen LogP contribution >= 0.6 is 0 Å². The molecular formula is C33H38N2O5. The second kappa shape index (κ2) is 11.7. The van der Waals surface area contributed by atoms with E-state index in [1.165, 1.54) is 5.56 Å². The van der Waals surface area contributed by atoms with Crippen LogP contribution in [0.4, 0.5) is 5.69 Å². The number of amides is 1. The zero-order valence-corrected chi connectivity index (χ0v) is 23.6. The number of carbonyl (C=O) groups excluding carboxylic acids is 1. The number of carboxylic acids is 1. The number of fused-ring (bicyclic) bond motifs is 1. The summed E-state index contributed by atoms with van der Waals surface area (Å²) < 4.78 is 11.3. The van der Waals surface area contributed by atoms with Gasteiger partial charge in [-0.1, -0.05) is 62.7 Å². The maximum absolute atomic E-state index is 14.1. The van der Waals surface area contributed by atoms with Crippen LogP contribution in [0.15, 0.2) is 66.7 Å². The van der Waals surface area contributed by atoms with Crippen LogP contribution in [0.5, 0.6) is 11.5 Å². The molecule has 7 heteroatoms. The van der Waals surface area contributed by atoms with Gasteiger partial charge >= 0.3 is 5.97 Å². The fraction of sp³-hybridized carbons (Fsp3) is 0.394. The standard InChI is InChI=1S/C33H38N2O5/c1-4-6-17-35(27-9-7-8-23(3)19-27)31(36)21-34-18-16-28(32(37)38)33(34,25-12-10-24(5-2)11-13-25)26-14-15-29-30(20-26)40-22-39-29/h7-15,19-20,28H,4-6,16-18,21-22H2,1-3H3,(H,37,38). The lowest BCUT2D eigenvalue weighted by atomic mass is 9.73. The minimum Gasteiger partial charge on any atom is -0.481 e. The average Bonchev–Trinajstić information content (AvgIpc) is 3.58. The van der Waals surface area contributed by atoms with Gasteiger partial charge in [-0.3, -0.25) is 14.5 Å². The van der Waals surface area contributed by atoms with Crippen LogP contribution in [-0.2, 0) is 21.5 Å². The lowest BCUT2D eigenvalue weighted by Crippen LogP contribution is -2.52. The number of nitrogens with zero attached hydrogens (tertiary/aromatic N) is 2. The molecule has 1 fully saturated rings. The first-order chi connectivity index (χ1) is 19.4. The zero-order valence-electron chi connectivity index (χ0n) is 23.6. The van der Waals surface area contributed by atoms with Gasteiger partial charge < -0.3 is 19.5 Å². The predicted molar refractivity (Wildman–Crippen MR) is 155 cm³/mol. The topological polar surface area (TPSA) is 79.3 Å². The van der Waals surface area contributed by atoms with E-state index in [2.05, 4.69) is 30.9 Å². The first kappa shape index (κ1) is 27.7. The van der Waals surface area contributed by atoms with Crippen molar-refractivity contribution in [1.29, 1.82) is 0 Å². The number of anilines is 1. The number of unbranched alkanes of at least 4 members (excludes halogenated alkanes) is 1. The molecule has 2 atom stereocenters. The third kappa shape index (κ3) is 5.06. The van der Waals surface area contributed by atoms with Crippen LogP contribution in [0.3, 0.4) is 0 Å². The number of aliphatic carboxylic acids is 1. The van der Waals surface area contributed by atoms with Crippen molar-refractivity contribution in [2.75, 3.05) is 31.3 Å². The van der Waals surface area contributed by atoms with Gasteiger partial charge in [0.2, 0.25) is 12.7 Å². The highest BCUT2D eigenvalue weighted by atomic mass is 16.7. The van der Waals surface area contributed by atoms with Gasteiger partial charge in [-0.05, 0) is 72.7 Å². The number of ether oxygens (including phenoxy) is 2. The molecule has 210 valence electrons. The van der Waals surface area contributed by atoms with E-state index in [1.54, 1.807) is 0 Å². The third-order valence-electron chi connectivity index (χ3n) is 8.28. The molecule has 0 radical (unpaired) electrons. The molecule has 0 bridgehead atoms. The Morgan fingerprint density at radius 3 is 2.45 bits per heavy atom. The molecule has 0 saturated carbocycles. The quantitative estimate of drug-likeness (QED) is 0.350. The van der Waals surface area contributed by atoms with E-state index in [1.807, 2.05) is 66.4 Å². The number of aryl methyl sites for hydroxylation is 2. The molecule has 5 rings (SSSR count). The molecule has 0 aliphatic carbocycles. The highest BCUT2D eigenvalue weighted by Gasteiger charge is 2.55. The SMILES string of the molecule is CCCCN(C(=O)CN1CCC(C(=O)O)C1(c1ccc(CC)cc1)c1ccc2c(c1)OCO2)c1cccc(C)c1. The van der Waals surface area contributed by atoms with E-state index in [0.29, 0.717) is 31.0 Å². The third-order valence-corrected chi connectivity index (χ3v) is 8.28. The maximum atomic E-state index is 14.1. The highest BCUT2D eigenvalue weighted by molar-refractivity contribution is 5.95. The molecule has 2 heterocycles. The molecule has 2 unspecified atom stereocenters. The Morgan fingerprint density at radius 1 is 1.00 bits per heavy atom. The van der Waals surface area contributed by atoms with Crippen molar-refractivity contribution in [3.8, 4) is 11.5 Å². The number of benzene rings is 3. The van der Waals surface area contributed by atoms with Gasteiger partial charge in [0.25, 0.3) is 0 Å². The van der Waals surface area contributed by atoms with Gasteiger partial charge in [0.15, 0.2) is 11.5 Å². The van der Waals surface area contributed by atoms with Gasteiger partial charge in [0, 0.05) is 18.8 Å². The minimum absolute atomic E-state index is 0.0413. The normalized spacial score (nSPS) is 20.0. The lowest BCUT2D eigenvalue weighted by Gasteiger charge is -2.43. The summed E-state index contributed by atoms with van der Waals surface area (Å²) in [6.45, 7) is 7.53. The Hall–Kier alpha value is -3.84. The second-order valence-electron chi connectivity index (χ2n) is 10.7. The molecule has 1 saturated heterocycles. The molecular weight excluding hydrogens is 504 g/mol. The molecule has 3 aromatic carbocycles. The predicted octanol–water partition coefficient (Wildman–Crippen LogP) is 5.77. The van der Waals surface area contributed by atoms with Crippen LogP contribution < -0.4 is 14.4 Å². The molecule has 1 amide bonds. The van der Waals surface area contributed by atoms with Crippen LogP contribution in [0.1, 0.15) is 55.4 Å². The summed E-state index contributed by atoms with van der Waals surface area (Å²) in [6, 6.07) is 21.8. The summed E-state index contributed by atoms with van der Waals surface area (Å²) in [7, 11) is 0. The van der Waals surface area contributed by atoms with Gasteiger partial charge in [0.05, 0.1) is 18.0 Å². The van der Waals surface area contributed by atoms with Crippen molar-refractivity contribution in [3.05, 3.63) is 89.0 Å². The molecule has 3 aromatic rings. The number of hydrogen-bond donors (Lipinski definition) is 1. The Morgan fingerprint density at radius 2 is 1.75 bits per heavy atom. The monoisotopic (exact) mass is 542 g/mol. The van der Waals surface area contributed by atoms with E-state index in [4.69, 9.17) is 9.47 Å². The van der Waals surface area contributed by atoms with Crippen molar-refractivity contribution in [2.45, 2.75) is 52.0 Å². The number of likely N-dealkylation sites (tertiary alicyclic amines) is 1. The number of carboxylic acid groups (broad SMARTS) is 1. The fourth-order valence-electron chi connectivity index (χ4n) is 6.22. The molecule has 2 aliphatic rings. The van der Waals surface area contributed by atoms with Crippen LogP contribution in [0, 0.1) is 12.8 Å². The summed E-state index contributed by atoms with van der Waals surface area (Å²) in [5, 5.41) is 10.6. The van der Waals surface area contributed by atoms with Crippen molar-refractivity contribution in [1.82, 2.24) is 4.90 Å². The minimum atomic E-state index is -1.06. The fourth-order valence-corrected chi connectivity index (χ4v) is 6.22. The number of hydrogen-bond acceptors (Lipinski definition) is 5. The zero-order chi connectivity index (χ0) is 28.3.